The van der Waals surface area contributed by atoms with Crippen molar-refractivity contribution in [1.82, 2.24) is 19.7 Å². The van der Waals surface area contributed by atoms with Gasteiger partial charge in [-0.1, -0.05) is 23.7 Å². The molecule has 2 aromatic carbocycles. The predicted octanol–water partition coefficient (Wildman–Crippen LogP) is 4.66. The molecule has 0 unspecified atom stereocenters. The standard InChI is InChI=1S/C18H13ClFN5/c1-11-3-2-4-13(7-11)25-18-14(9-23-25)17(21-10-22-18)24-12-5-6-16(20)15(19)8-12/h2-10H,1H3,(H,21,22,24). The van der Waals surface area contributed by atoms with Gasteiger partial charge in [0.1, 0.15) is 18.0 Å². The summed E-state index contributed by atoms with van der Waals surface area (Å²) in [4.78, 5) is 8.61. The highest BCUT2D eigenvalue weighted by Crippen LogP contribution is 2.26. The summed E-state index contributed by atoms with van der Waals surface area (Å²) in [5, 5.41) is 8.37. The fourth-order valence-electron chi connectivity index (χ4n) is 2.60. The fraction of sp³-hybridized carbons (Fsp3) is 0.0556. The monoisotopic (exact) mass is 353 g/mol. The number of aromatic nitrogens is 4. The molecule has 4 rings (SSSR count). The first-order chi connectivity index (χ1) is 12.1. The molecule has 0 aliphatic carbocycles. The lowest BCUT2D eigenvalue weighted by Crippen LogP contribution is -2.00. The molecule has 0 radical (unpaired) electrons. The molecule has 0 bridgehead atoms. The van der Waals surface area contributed by atoms with Crippen molar-refractivity contribution >= 4 is 34.1 Å². The van der Waals surface area contributed by atoms with Crippen molar-refractivity contribution in [3.63, 3.8) is 0 Å². The van der Waals surface area contributed by atoms with Gasteiger partial charge in [-0.25, -0.2) is 19.0 Å². The van der Waals surface area contributed by atoms with E-state index in [0.29, 0.717) is 17.2 Å². The van der Waals surface area contributed by atoms with Gasteiger partial charge in [-0.05, 0) is 42.8 Å². The number of aryl methyl sites for hydroxylation is 1. The summed E-state index contributed by atoms with van der Waals surface area (Å²) in [6.45, 7) is 2.02. The predicted molar refractivity (Wildman–Crippen MR) is 96.1 cm³/mol. The van der Waals surface area contributed by atoms with Crippen LogP contribution in [0.3, 0.4) is 0 Å². The molecule has 0 atom stereocenters. The van der Waals surface area contributed by atoms with Crippen LogP contribution in [0.2, 0.25) is 5.02 Å². The molecule has 0 aliphatic heterocycles. The van der Waals surface area contributed by atoms with E-state index < -0.39 is 5.82 Å². The van der Waals surface area contributed by atoms with E-state index in [0.717, 1.165) is 16.6 Å². The largest absolute Gasteiger partial charge is 0.339 e. The maximum Gasteiger partial charge on any atom is 0.168 e. The van der Waals surface area contributed by atoms with Crippen LogP contribution in [0.25, 0.3) is 16.7 Å². The molecule has 0 fully saturated rings. The SMILES string of the molecule is Cc1cccc(-n2ncc3c(Nc4ccc(F)c(Cl)c4)ncnc32)c1. The molecule has 0 aliphatic rings. The third-order valence-corrected chi connectivity index (χ3v) is 4.08. The first-order valence-electron chi connectivity index (χ1n) is 7.60. The van der Waals surface area contributed by atoms with Gasteiger partial charge in [-0.15, -0.1) is 0 Å². The minimum Gasteiger partial charge on any atom is -0.339 e. The number of rotatable bonds is 3. The van der Waals surface area contributed by atoms with Crippen LogP contribution in [-0.4, -0.2) is 19.7 Å². The number of fused-ring (bicyclic) bond motifs is 1. The van der Waals surface area contributed by atoms with Crippen LogP contribution >= 0.6 is 11.6 Å². The molecule has 25 heavy (non-hydrogen) atoms. The van der Waals surface area contributed by atoms with Crippen LogP contribution in [-0.2, 0) is 0 Å². The normalized spacial score (nSPS) is 11.0. The topological polar surface area (TPSA) is 55.6 Å². The van der Waals surface area contributed by atoms with Crippen LogP contribution < -0.4 is 5.32 Å². The van der Waals surface area contributed by atoms with Crippen LogP contribution in [0, 0.1) is 12.7 Å². The first-order valence-corrected chi connectivity index (χ1v) is 7.97. The van der Waals surface area contributed by atoms with Gasteiger partial charge >= 0.3 is 0 Å². The van der Waals surface area contributed by atoms with E-state index in [2.05, 4.69) is 20.4 Å². The third kappa shape index (κ3) is 2.92. The van der Waals surface area contributed by atoms with Crippen LogP contribution in [0.5, 0.6) is 0 Å². The molecule has 5 nitrogen and oxygen atoms in total. The molecule has 0 spiro atoms. The number of hydrogen-bond donors (Lipinski definition) is 1. The van der Waals surface area contributed by atoms with Crippen molar-refractivity contribution in [2.75, 3.05) is 5.32 Å². The van der Waals surface area contributed by atoms with Gasteiger partial charge < -0.3 is 5.32 Å². The Labute approximate surface area is 148 Å². The molecule has 7 heteroatoms. The zero-order chi connectivity index (χ0) is 17.4. The smallest absolute Gasteiger partial charge is 0.168 e. The number of halogens is 2. The molecule has 2 aromatic heterocycles. The number of benzene rings is 2. The molecule has 0 saturated heterocycles. The summed E-state index contributed by atoms with van der Waals surface area (Å²) in [6.07, 6.45) is 3.16. The lowest BCUT2D eigenvalue weighted by atomic mass is 10.2. The van der Waals surface area contributed by atoms with Crippen molar-refractivity contribution < 1.29 is 4.39 Å². The highest BCUT2D eigenvalue weighted by molar-refractivity contribution is 6.31. The summed E-state index contributed by atoms with van der Waals surface area (Å²) >= 11 is 5.83. The maximum atomic E-state index is 13.3. The molecule has 0 amide bonds. The zero-order valence-electron chi connectivity index (χ0n) is 13.2. The molecule has 4 aromatic rings. The second-order valence-electron chi connectivity index (χ2n) is 5.61. The Morgan fingerprint density at radius 1 is 1.12 bits per heavy atom. The van der Waals surface area contributed by atoms with Gasteiger partial charge in [0.25, 0.3) is 0 Å². The van der Waals surface area contributed by atoms with Gasteiger partial charge in [-0.3, -0.25) is 0 Å². The quantitative estimate of drug-likeness (QED) is 0.582. The summed E-state index contributed by atoms with van der Waals surface area (Å²) in [5.41, 5.74) is 3.37. The van der Waals surface area contributed by atoms with Crippen molar-refractivity contribution in [1.29, 1.82) is 0 Å². The summed E-state index contributed by atoms with van der Waals surface area (Å²) < 4.78 is 15.1. The Morgan fingerprint density at radius 3 is 2.80 bits per heavy atom. The van der Waals surface area contributed by atoms with Crippen molar-refractivity contribution in [2.24, 2.45) is 0 Å². The second kappa shape index (κ2) is 6.14. The van der Waals surface area contributed by atoms with Crippen LogP contribution in [0.4, 0.5) is 15.9 Å². The molecule has 2 heterocycles. The average Bonchev–Trinajstić information content (AvgIpc) is 3.03. The van der Waals surface area contributed by atoms with E-state index in [-0.39, 0.29) is 5.02 Å². The van der Waals surface area contributed by atoms with E-state index in [4.69, 9.17) is 11.6 Å². The lowest BCUT2D eigenvalue weighted by Gasteiger charge is -2.08. The Hall–Kier alpha value is -2.99. The maximum absolute atomic E-state index is 13.3. The fourth-order valence-corrected chi connectivity index (χ4v) is 2.78. The van der Waals surface area contributed by atoms with Gasteiger partial charge in [0.15, 0.2) is 5.65 Å². The van der Waals surface area contributed by atoms with E-state index in [1.807, 2.05) is 31.2 Å². The second-order valence-corrected chi connectivity index (χ2v) is 6.02. The first kappa shape index (κ1) is 15.5. The van der Waals surface area contributed by atoms with E-state index in [1.165, 1.54) is 18.5 Å². The highest BCUT2D eigenvalue weighted by atomic mass is 35.5. The molecule has 1 N–H and O–H groups in total. The Bertz CT molecular complexity index is 1080. The van der Waals surface area contributed by atoms with Crippen LogP contribution in [0.15, 0.2) is 55.0 Å². The zero-order valence-corrected chi connectivity index (χ0v) is 14.0. The Kier molecular flexibility index (Phi) is 3.82. The lowest BCUT2D eigenvalue weighted by molar-refractivity contribution is 0.628. The summed E-state index contributed by atoms with van der Waals surface area (Å²) in [5.74, 6) is 0.110. The van der Waals surface area contributed by atoms with Gasteiger partial charge in [0.05, 0.1) is 22.3 Å². The van der Waals surface area contributed by atoms with Gasteiger partial charge in [0.2, 0.25) is 0 Å². The van der Waals surface area contributed by atoms with Gasteiger partial charge in [0, 0.05) is 5.69 Å². The molecule has 124 valence electrons. The van der Waals surface area contributed by atoms with E-state index in [1.54, 1.807) is 16.9 Å². The highest BCUT2D eigenvalue weighted by Gasteiger charge is 2.12. The number of nitrogens with zero attached hydrogens (tertiary/aromatic N) is 4. The molecular weight excluding hydrogens is 341 g/mol. The molecule has 0 saturated carbocycles. The van der Waals surface area contributed by atoms with Crippen molar-refractivity contribution in [3.05, 3.63) is 71.4 Å². The van der Waals surface area contributed by atoms with Crippen molar-refractivity contribution in [2.45, 2.75) is 6.92 Å². The van der Waals surface area contributed by atoms with E-state index in [9.17, 15) is 4.39 Å². The molecular formula is C18H13ClFN5. The van der Waals surface area contributed by atoms with Crippen LogP contribution in [0.1, 0.15) is 5.56 Å². The minimum absolute atomic E-state index is 0.0470. The third-order valence-electron chi connectivity index (χ3n) is 3.79. The number of hydrogen-bond acceptors (Lipinski definition) is 4. The summed E-state index contributed by atoms with van der Waals surface area (Å²) in [6, 6.07) is 12.4. The number of anilines is 2. The average molecular weight is 354 g/mol. The Balaban J connectivity index is 1.77. The van der Waals surface area contributed by atoms with Crippen molar-refractivity contribution in [3.8, 4) is 5.69 Å². The Morgan fingerprint density at radius 2 is 2.00 bits per heavy atom. The summed E-state index contributed by atoms with van der Waals surface area (Å²) in [7, 11) is 0. The van der Waals surface area contributed by atoms with E-state index >= 15 is 0 Å². The minimum atomic E-state index is -0.465. The number of nitrogens with one attached hydrogen (secondary N) is 1. The van der Waals surface area contributed by atoms with Gasteiger partial charge in [-0.2, -0.15) is 5.10 Å².